The highest BCUT2D eigenvalue weighted by Crippen LogP contribution is 2.25. The van der Waals surface area contributed by atoms with Crippen molar-refractivity contribution in [2.45, 2.75) is 26.8 Å². The minimum Gasteiger partial charge on any atom is -0.343 e. The number of benzene rings is 1. The maximum atomic E-state index is 12.5. The van der Waals surface area contributed by atoms with Crippen molar-refractivity contribution in [3.05, 3.63) is 69.8 Å². The van der Waals surface area contributed by atoms with E-state index in [-0.39, 0.29) is 11.9 Å². The molecule has 0 aliphatic carbocycles. The largest absolute Gasteiger partial charge is 0.343 e. The summed E-state index contributed by atoms with van der Waals surface area (Å²) in [6.45, 7) is 5.93. The molecule has 0 bridgehead atoms. The van der Waals surface area contributed by atoms with Crippen LogP contribution in [0.5, 0.6) is 0 Å². The Hall–Kier alpha value is -2.53. The van der Waals surface area contributed by atoms with Crippen LogP contribution in [0.15, 0.2) is 48.1 Å². The monoisotopic (exact) mass is 337 g/mol. The van der Waals surface area contributed by atoms with Gasteiger partial charge in [0.05, 0.1) is 11.7 Å². The quantitative estimate of drug-likeness (QED) is 0.771. The molecule has 0 fully saturated rings. The van der Waals surface area contributed by atoms with Crippen LogP contribution in [0.3, 0.4) is 0 Å². The number of carbonyl (C=O) groups excluding carboxylic acids is 1. The van der Waals surface area contributed by atoms with Gasteiger partial charge in [0.15, 0.2) is 0 Å². The van der Waals surface area contributed by atoms with E-state index in [0.717, 1.165) is 27.4 Å². The van der Waals surface area contributed by atoms with Crippen LogP contribution in [0.4, 0.5) is 0 Å². The van der Waals surface area contributed by atoms with E-state index in [2.05, 4.69) is 15.3 Å². The first-order valence-corrected chi connectivity index (χ1v) is 8.66. The van der Waals surface area contributed by atoms with Gasteiger partial charge in [-0.1, -0.05) is 17.7 Å². The van der Waals surface area contributed by atoms with E-state index in [0.29, 0.717) is 5.56 Å². The van der Waals surface area contributed by atoms with Crippen LogP contribution in [0, 0.1) is 13.8 Å². The van der Waals surface area contributed by atoms with Crippen molar-refractivity contribution < 1.29 is 4.79 Å². The molecule has 2 aromatic heterocycles. The molecule has 0 aliphatic rings. The Morgan fingerprint density at radius 3 is 2.79 bits per heavy atom. The Labute approximate surface area is 145 Å². The van der Waals surface area contributed by atoms with Crippen molar-refractivity contribution in [3.63, 3.8) is 0 Å². The maximum absolute atomic E-state index is 12.5. The van der Waals surface area contributed by atoms with E-state index in [1.807, 2.05) is 56.5 Å². The van der Waals surface area contributed by atoms with Gasteiger partial charge in [-0.2, -0.15) is 0 Å². The molecule has 0 radical (unpaired) electrons. The summed E-state index contributed by atoms with van der Waals surface area (Å²) in [7, 11) is 0. The predicted octanol–water partition coefficient (Wildman–Crippen LogP) is 4.31. The summed E-state index contributed by atoms with van der Waals surface area (Å²) in [4.78, 5) is 21.2. The van der Waals surface area contributed by atoms with Crippen molar-refractivity contribution in [1.29, 1.82) is 0 Å². The minimum absolute atomic E-state index is 0.0712. The average Bonchev–Trinajstić information content (AvgIpc) is 3.05. The summed E-state index contributed by atoms with van der Waals surface area (Å²) in [6.07, 6.45) is 3.53. The predicted molar refractivity (Wildman–Crippen MR) is 97.1 cm³/mol. The van der Waals surface area contributed by atoms with Gasteiger partial charge in [-0.25, -0.2) is 4.98 Å². The van der Waals surface area contributed by atoms with Crippen LogP contribution >= 0.6 is 11.3 Å². The second-order valence-electron chi connectivity index (χ2n) is 5.83. The van der Waals surface area contributed by atoms with Crippen molar-refractivity contribution >= 4 is 17.2 Å². The second kappa shape index (κ2) is 6.93. The lowest BCUT2D eigenvalue weighted by Crippen LogP contribution is -2.27. The molecule has 0 saturated carbocycles. The Morgan fingerprint density at radius 1 is 1.25 bits per heavy atom. The molecule has 3 rings (SSSR count). The van der Waals surface area contributed by atoms with Gasteiger partial charge in [0.1, 0.15) is 5.01 Å². The van der Waals surface area contributed by atoms with E-state index >= 15 is 0 Å². The average molecular weight is 337 g/mol. The number of nitrogens with one attached hydrogen (secondary N) is 1. The Balaban J connectivity index is 1.74. The highest BCUT2D eigenvalue weighted by molar-refractivity contribution is 7.10. The number of aromatic nitrogens is 2. The van der Waals surface area contributed by atoms with E-state index in [9.17, 15) is 4.79 Å². The van der Waals surface area contributed by atoms with Crippen LogP contribution < -0.4 is 5.32 Å². The zero-order valence-electron chi connectivity index (χ0n) is 13.9. The summed E-state index contributed by atoms with van der Waals surface area (Å²) in [5.41, 5.74) is 4.70. The van der Waals surface area contributed by atoms with Gasteiger partial charge >= 0.3 is 0 Å². The molecule has 2 heterocycles. The Kier molecular flexibility index (Phi) is 4.71. The molecule has 1 amide bonds. The summed E-state index contributed by atoms with van der Waals surface area (Å²) in [5, 5.41) is 5.90. The molecule has 122 valence electrons. The van der Waals surface area contributed by atoms with E-state index in [1.165, 1.54) is 0 Å². The molecule has 1 atom stereocenters. The van der Waals surface area contributed by atoms with E-state index < -0.39 is 0 Å². The number of thiazole rings is 1. The van der Waals surface area contributed by atoms with E-state index in [1.54, 1.807) is 23.7 Å². The number of pyridine rings is 1. The van der Waals surface area contributed by atoms with Crippen LogP contribution in [-0.4, -0.2) is 15.9 Å². The van der Waals surface area contributed by atoms with Crippen LogP contribution in [0.1, 0.15) is 39.5 Å². The zero-order chi connectivity index (χ0) is 17.1. The summed E-state index contributed by atoms with van der Waals surface area (Å²) in [6, 6.07) is 9.56. The lowest BCUT2D eigenvalue weighted by atomic mass is 10.1. The highest BCUT2D eigenvalue weighted by Gasteiger charge is 2.16. The van der Waals surface area contributed by atoms with Gasteiger partial charge in [0, 0.05) is 28.9 Å². The van der Waals surface area contributed by atoms with Gasteiger partial charge in [-0.15, -0.1) is 11.3 Å². The molecule has 0 aliphatic heterocycles. The zero-order valence-corrected chi connectivity index (χ0v) is 14.7. The first kappa shape index (κ1) is 16.3. The lowest BCUT2D eigenvalue weighted by Gasteiger charge is -2.13. The molecule has 1 aromatic carbocycles. The molecule has 24 heavy (non-hydrogen) atoms. The highest BCUT2D eigenvalue weighted by atomic mass is 32.1. The standard InChI is InChI=1S/C19H19N3OS/c1-12-6-7-16(13(2)9-12)18(23)21-14(3)19-22-17(11-24-19)15-5-4-8-20-10-15/h4-11,14H,1-3H3,(H,21,23)/t14-/m1/s1. The first-order valence-electron chi connectivity index (χ1n) is 7.78. The van der Waals surface area contributed by atoms with Gasteiger partial charge in [0.2, 0.25) is 0 Å². The topological polar surface area (TPSA) is 54.9 Å². The molecule has 0 spiro atoms. The molecule has 0 unspecified atom stereocenters. The smallest absolute Gasteiger partial charge is 0.252 e. The van der Waals surface area contributed by atoms with Crippen molar-refractivity contribution in [2.75, 3.05) is 0 Å². The number of hydrogen-bond acceptors (Lipinski definition) is 4. The molecule has 4 nitrogen and oxygen atoms in total. The molecule has 0 saturated heterocycles. The van der Waals surface area contributed by atoms with Gasteiger partial charge < -0.3 is 5.32 Å². The van der Waals surface area contributed by atoms with Crippen LogP contribution in [0.2, 0.25) is 0 Å². The van der Waals surface area contributed by atoms with Gasteiger partial charge in [0.25, 0.3) is 5.91 Å². The molecular weight excluding hydrogens is 318 g/mol. The fourth-order valence-corrected chi connectivity index (χ4v) is 3.37. The molecule has 3 aromatic rings. The van der Waals surface area contributed by atoms with Crippen molar-refractivity contribution in [3.8, 4) is 11.3 Å². The fourth-order valence-electron chi connectivity index (χ4n) is 2.54. The summed E-state index contributed by atoms with van der Waals surface area (Å²) < 4.78 is 0. The number of amides is 1. The third-order valence-corrected chi connectivity index (χ3v) is 4.85. The summed E-state index contributed by atoms with van der Waals surface area (Å²) in [5.74, 6) is -0.0712. The fraction of sp³-hybridized carbons (Fsp3) is 0.211. The summed E-state index contributed by atoms with van der Waals surface area (Å²) >= 11 is 1.54. The van der Waals surface area contributed by atoms with Crippen molar-refractivity contribution in [1.82, 2.24) is 15.3 Å². The number of rotatable bonds is 4. The third kappa shape index (κ3) is 3.51. The maximum Gasteiger partial charge on any atom is 0.252 e. The van der Waals surface area contributed by atoms with E-state index in [4.69, 9.17) is 0 Å². The Bertz CT molecular complexity index is 858. The lowest BCUT2D eigenvalue weighted by molar-refractivity contribution is 0.0939. The number of carbonyl (C=O) groups is 1. The Morgan fingerprint density at radius 2 is 2.08 bits per heavy atom. The third-order valence-electron chi connectivity index (χ3n) is 3.82. The number of hydrogen-bond donors (Lipinski definition) is 1. The van der Waals surface area contributed by atoms with Gasteiger partial charge in [-0.3, -0.25) is 9.78 Å². The second-order valence-corrected chi connectivity index (χ2v) is 6.72. The normalized spacial score (nSPS) is 12.0. The van der Waals surface area contributed by atoms with Crippen LogP contribution in [0.25, 0.3) is 11.3 Å². The number of aryl methyl sites for hydroxylation is 2. The van der Waals surface area contributed by atoms with Crippen LogP contribution in [-0.2, 0) is 0 Å². The van der Waals surface area contributed by atoms with Gasteiger partial charge in [-0.05, 0) is 44.5 Å². The molecule has 1 N–H and O–H groups in total. The molecule has 5 heteroatoms. The first-order chi connectivity index (χ1) is 11.5. The minimum atomic E-state index is -0.145. The number of nitrogens with zero attached hydrogens (tertiary/aromatic N) is 2. The SMILES string of the molecule is Cc1ccc(C(=O)N[C@H](C)c2nc(-c3cccnc3)cs2)c(C)c1. The molecular formula is C19H19N3OS. The van der Waals surface area contributed by atoms with Crippen molar-refractivity contribution in [2.24, 2.45) is 0 Å².